The minimum Gasteiger partial charge on any atom is -0.481 e. The molecule has 0 aromatic carbocycles. The zero-order valence-electron chi connectivity index (χ0n) is 12.7. The molecule has 0 aromatic rings. The third-order valence-corrected chi connectivity index (χ3v) is 4.15. The van der Waals surface area contributed by atoms with Gasteiger partial charge >= 0.3 is 12.0 Å². The van der Waals surface area contributed by atoms with Gasteiger partial charge < -0.3 is 19.6 Å². The molecular weight excluding hydrogens is 260 g/mol. The summed E-state index contributed by atoms with van der Waals surface area (Å²) in [5.41, 5.74) is -0.777. The predicted molar refractivity (Wildman–Crippen MR) is 75.7 cm³/mol. The molecule has 1 fully saturated rings. The van der Waals surface area contributed by atoms with E-state index in [0.717, 1.165) is 12.8 Å². The van der Waals surface area contributed by atoms with Crippen LogP contribution in [0.5, 0.6) is 0 Å². The van der Waals surface area contributed by atoms with Crippen LogP contribution in [-0.4, -0.2) is 67.3 Å². The molecule has 1 rings (SSSR count). The van der Waals surface area contributed by atoms with Gasteiger partial charge in [-0.1, -0.05) is 6.92 Å². The number of carbonyl (C=O) groups is 2. The second-order valence-corrected chi connectivity index (χ2v) is 5.51. The van der Waals surface area contributed by atoms with Crippen LogP contribution in [0.4, 0.5) is 4.79 Å². The first-order chi connectivity index (χ1) is 9.46. The molecule has 1 unspecified atom stereocenters. The average molecular weight is 286 g/mol. The van der Waals surface area contributed by atoms with Gasteiger partial charge in [0, 0.05) is 40.4 Å². The first kappa shape index (κ1) is 16.8. The number of carboxylic acids is 1. The Morgan fingerprint density at radius 2 is 2.15 bits per heavy atom. The Hall–Kier alpha value is -1.30. The number of amides is 2. The van der Waals surface area contributed by atoms with Gasteiger partial charge in [-0.05, 0) is 25.7 Å². The van der Waals surface area contributed by atoms with Gasteiger partial charge in [0.25, 0.3) is 0 Å². The van der Waals surface area contributed by atoms with Gasteiger partial charge in [0.1, 0.15) is 0 Å². The van der Waals surface area contributed by atoms with E-state index in [4.69, 9.17) is 4.74 Å². The van der Waals surface area contributed by atoms with Crippen LogP contribution in [0.15, 0.2) is 0 Å². The minimum absolute atomic E-state index is 0.0834. The molecule has 1 saturated heterocycles. The molecule has 0 bridgehead atoms. The number of carbonyl (C=O) groups excluding carboxylic acids is 1. The third-order valence-electron chi connectivity index (χ3n) is 4.15. The van der Waals surface area contributed by atoms with E-state index in [1.807, 2.05) is 6.92 Å². The Morgan fingerprint density at radius 1 is 1.45 bits per heavy atom. The second-order valence-electron chi connectivity index (χ2n) is 5.51. The van der Waals surface area contributed by atoms with E-state index in [9.17, 15) is 14.7 Å². The molecule has 1 aliphatic rings. The molecule has 0 aliphatic carbocycles. The SMILES string of the molecule is CCC1(C(=O)O)CCCN(C(=O)N(C)CCCOC)C1. The van der Waals surface area contributed by atoms with Crippen LogP contribution in [0.2, 0.25) is 0 Å². The van der Waals surface area contributed by atoms with Crippen molar-refractivity contribution in [3.63, 3.8) is 0 Å². The number of piperidine rings is 1. The fourth-order valence-electron chi connectivity index (χ4n) is 2.69. The maximum atomic E-state index is 12.3. The highest BCUT2D eigenvalue weighted by Gasteiger charge is 2.42. The van der Waals surface area contributed by atoms with Crippen molar-refractivity contribution < 1.29 is 19.4 Å². The number of ether oxygens (including phenoxy) is 1. The number of carboxylic acid groups (broad SMARTS) is 1. The number of hydrogen-bond acceptors (Lipinski definition) is 3. The first-order valence-corrected chi connectivity index (χ1v) is 7.19. The largest absolute Gasteiger partial charge is 0.481 e. The molecule has 1 heterocycles. The Bertz CT molecular complexity index is 348. The summed E-state index contributed by atoms with van der Waals surface area (Å²) in [6.07, 6.45) is 2.73. The molecule has 0 spiro atoms. The van der Waals surface area contributed by atoms with Gasteiger partial charge in [0.15, 0.2) is 0 Å². The highest BCUT2D eigenvalue weighted by Crippen LogP contribution is 2.33. The number of hydrogen-bond donors (Lipinski definition) is 1. The maximum Gasteiger partial charge on any atom is 0.319 e. The van der Waals surface area contributed by atoms with Crippen molar-refractivity contribution in [3.05, 3.63) is 0 Å². The number of rotatable bonds is 6. The normalized spacial score (nSPS) is 22.6. The lowest BCUT2D eigenvalue weighted by Gasteiger charge is -2.40. The molecule has 0 saturated carbocycles. The Labute approximate surface area is 120 Å². The van der Waals surface area contributed by atoms with Crippen LogP contribution in [0.3, 0.4) is 0 Å². The van der Waals surface area contributed by atoms with Gasteiger partial charge in [0.05, 0.1) is 5.41 Å². The number of likely N-dealkylation sites (tertiary alicyclic amines) is 1. The lowest BCUT2D eigenvalue weighted by Crippen LogP contribution is -2.52. The molecule has 20 heavy (non-hydrogen) atoms. The van der Waals surface area contributed by atoms with Crippen LogP contribution < -0.4 is 0 Å². The summed E-state index contributed by atoms with van der Waals surface area (Å²) in [7, 11) is 3.38. The maximum absolute atomic E-state index is 12.3. The Kier molecular flexibility index (Phi) is 6.26. The summed E-state index contributed by atoms with van der Waals surface area (Å²) in [5.74, 6) is -0.792. The van der Waals surface area contributed by atoms with Crippen LogP contribution in [-0.2, 0) is 9.53 Å². The Morgan fingerprint density at radius 3 is 2.70 bits per heavy atom. The van der Waals surface area contributed by atoms with E-state index in [1.54, 1.807) is 24.0 Å². The third kappa shape index (κ3) is 3.85. The zero-order chi connectivity index (χ0) is 15.2. The summed E-state index contributed by atoms with van der Waals surface area (Å²) in [6, 6.07) is -0.0834. The number of nitrogens with zero attached hydrogens (tertiary/aromatic N) is 2. The van der Waals surface area contributed by atoms with Crippen molar-refractivity contribution in [2.24, 2.45) is 5.41 Å². The number of methoxy groups -OCH3 is 1. The van der Waals surface area contributed by atoms with Crippen molar-refractivity contribution in [2.45, 2.75) is 32.6 Å². The minimum atomic E-state index is -0.792. The predicted octanol–water partition coefficient (Wildman–Crippen LogP) is 1.65. The summed E-state index contributed by atoms with van der Waals surface area (Å²) in [5, 5.41) is 9.43. The Balaban J connectivity index is 2.62. The van der Waals surface area contributed by atoms with Crippen LogP contribution >= 0.6 is 0 Å². The summed E-state index contributed by atoms with van der Waals surface area (Å²) in [6.45, 7) is 4.07. The van der Waals surface area contributed by atoms with Crippen LogP contribution in [0.25, 0.3) is 0 Å². The van der Waals surface area contributed by atoms with Crippen molar-refractivity contribution in [2.75, 3.05) is 40.4 Å². The molecule has 1 atom stereocenters. The van der Waals surface area contributed by atoms with Crippen molar-refractivity contribution >= 4 is 12.0 Å². The fourth-order valence-corrected chi connectivity index (χ4v) is 2.69. The van der Waals surface area contributed by atoms with Crippen LogP contribution in [0, 0.1) is 5.41 Å². The van der Waals surface area contributed by atoms with E-state index in [1.165, 1.54) is 0 Å². The molecule has 0 aromatic heterocycles. The highest BCUT2D eigenvalue weighted by atomic mass is 16.5. The van der Waals surface area contributed by atoms with Crippen molar-refractivity contribution in [3.8, 4) is 0 Å². The van der Waals surface area contributed by atoms with E-state index in [-0.39, 0.29) is 6.03 Å². The monoisotopic (exact) mass is 286 g/mol. The van der Waals surface area contributed by atoms with Gasteiger partial charge in [-0.3, -0.25) is 4.79 Å². The quantitative estimate of drug-likeness (QED) is 0.754. The standard InChI is InChI=1S/C14H26N2O4/c1-4-14(12(17)18)7-5-9-16(11-14)13(19)15(2)8-6-10-20-3/h4-11H2,1-3H3,(H,17,18). The molecule has 1 N–H and O–H groups in total. The molecule has 116 valence electrons. The first-order valence-electron chi connectivity index (χ1n) is 7.19. The van der Waals surface area contributed by atoms with E-state index in [2.05, 4.69) is 0 Å². The summed E-state index contributed by atoms with van der Waals surface area (Å²) in [4.78, 5) is 27.1. The molecular formula is C14H26N2O4. The molecule has 6 nitrogen and oxygen atoms in total. The summed E-state index contributed by atoms with van der Waals surface area (Å²) >= 11 is 0. The van der Waals surface area contributed by atoms with Crippen molar-refractivity contribution in [1.82, 2.24) is 9.80 Å². The van der Waals surface area contributed by atoms with E-state index in [0.29, 0.717) is 39.1 Å². The van der Waals surface area contributed by atoms with Gasteiger partial charge in [-0.2, -0.15) is 0 Å². The van der Waals surface area contributed by atoms with Crippen molar-refractivity contribution in [1.29, 1.82) is 0 Å². The van der Waals surface area contributed by atoms with Gasteiger partial charge in [0.2, 0.25) is 0 Å². The lowest BCUT2D eigenvalue weighted by molar-refractivity contribution is -0.152. The summed E-state index contributed by atoms with van der Waals surface area (Å²) < 4.78 is 4.97. The van der Waals surface area contributed by atoms with E-state index < -0.39 is 11.4 Å². The average Bonchev–Trinajstić information content (AvgIpc) is 2.46. The zero-order valence-corrected chi connectivity index (χ0v) is 12.7. The van der Waals surface area contributed by atoms with Crippen LogP contribution in [0.1, 0.15) is 32.6 Å². The molecule has 2 amide bonds. The van der Waals surface area contributed by atoms with Gasteiger partial charge in [-0.25, -0.2) is 4.79 Å². The van der Waals surface area contributed by atoms with E-state index >= 15 is 0 Å². The molecule has 0 radical (unpaired) electrons. The molecule has 6 heteroatoms. The lowest BCUT2D eigenvalue weighted by atomic mass is 9.78. The smallest absolute Gasteiger partial charge is 0.319 e. The topological polar surface area (TPSA) is 70.1 Å². The highest BCUT2D eigenvalue weighted by molar-refractivity contribution is 5.78. The number of urea groups is 1. The number of aliphatic carboxylic acids is 1. The van der Waals surface area contributed by atoms with Gasteiger partial charge in [-0.15, -0.1) is 0 Å². The fraction of sp³-hybridized carbons (Fsp3) is 0.857. The molecule has 1 aliphatic heterocycles. The second kappa shape index (κ2) is 7.47.